The highest BCUT2D eigenvalue weighted by atomic mass is 32.2. The van der Waals surface area contributed by atoms with Gasteiger partial charge in [0.05, 0.1) is 18.1 Å². The van der Waals surface area contributed by atoms with Gasteiger partial charge in [0.2, 0.25) is 0 Å². The van der Waals surface area contributed by atoms with Crippen molar-refractivity contribution < 1.29 is 13.5 Å². The van der Waals surface area contributed by atoms with Gasteiger partial charge in [-0.25, -0.2) is 8.42 Å². The van der Waals surface area contributed by atoms with Gasteiger partial charge < -0.3 is 5.11 Å². The fourth-order valence-corrected chi connectivity index (χ4v) is 4.16. The van der Waals surface area contributed by atoms with Crippen LogP contribution in [0, 0.1) is 0 Å². The molecule has 1 fully saturated rings. The first kappa shape index (κ1) is 13.5. The van der Waals surface area contributed by atoms with Gasteiger partial charge in [-0.1, -0.05) is 30.3 Å². The number of hydrogen-bond donors (Lipinski definition) is 1. The van der Waals surface area contributed by atoms with E-state index in [0.717, 1.165) is 5.56 Å². The summed E-state index contributed by atoms with van der Waals surface area (Å²) in [5, 5.41) is 9.11. The predicted molar refractivity (Wildman–Crippen MR) is 71.0 cm³/mol. The van der Waals surface area contributed by atoms with Crippen LogP contribution in [0.25, 0.3) is 0 Å². The lowest BCUT2D eigenvalue weighted by Crippen LogP contribution is -2.37. The lowest BCUT2D eigenvalue weighted by Gasteiger charge is -2.27. The Hall–Kier alpha value is -0.910. The summed E-state index contributed by atoms with van der Waals surface area (Å²) < 4.78 is 23.0. The fourth-order valence-electron chi connectivity index (χ4n) is 2.40. The first-order valence-corrected chi connectivity index (χ1v) is 8.02. The SMILES string of the molecule is O=S1(=O)CC[C@H](N(CCO)Cc2ccccc2)C1. The zero-order chi connectivity index (χ0) is 13.0. The summed E-state index contributed by atoms with van der Waals surface area (Å²) in [4.78, 5) is 2.07. The van der Waals surface area contributed by atoms with E-state index >= 15 is 0 Å². The van der Waals surface area contributed by atoms with Crippen molar-refractivity contribution in [3.05, 3.63) is 35.9 Å². The van der Waals surface area contributed by atoms with Crippen LogP contribution in [0.3, 0.4) is 0 Å². The topological polar surface area (TPSA) is 57.6 Å². The molecular formula is C13H19NO3S. The van der Waals surface area contributed by atoms with E-state index in [2.05, 4.69) is 4.90 Å². The molecule has 1 atom stereocenters. The Labute approximate surface area is 108 Å². The van der Waals surface area contributed by atoms with E-state index in [0.29, 0.717) is 19.5 Å². The van der Waals surface area contributed by atoms with Crippen molar-refractivity contribution >= 4 is 9.84 Å². The largest absolute Gasteiger partial charge is 0.395 e. The van der Waals surface area contributed by atoms with Crippen molar-refractivity contribution in [3.63, 3.8) is 0 Å². The minimum Gasteiger partial charge on any atom is -0.395 e. The molecule has 1 aromatic rings. The third-order valence-electron chi connectivity index (χ3n) is 3.34. The van der Waals surface area contributed by atoms with E-state index in [1.54, 1.807) is 0 Å². The maximum absolute atomic E-state index is 11.5. The Bertz CT molecular complexity index is 472. The first-order valence-electron chi connectivity index (χ1n) is 6.20. The summed E-state index contributed by atoms with van der Waals surface area (Å²) in [6.07, 6.45) is 0.676. The zero-order valence-corrected chi connectivity index (χ0v) is 11.1. The van der Waals surface area contributed by atoms with Crippen molar-refractivity contribution in [1.82, 2.24) is 4.90 Å². The Morgan fingerprint density at radius 1 is 1.28 bits per heavy atom. The van der Waals surface area contributed by atoms with Gasteiger partial charge in [-0.05, 0) is 12.0 Å². The molecule has 0 unspecified atom stereocenters. The van der Waals surface area contributed by atoms with Crippen LogP contribution in [0.2, 0.25) is 0 Å². The third kappa shape index (κ3) is 3.54. The van der Waals surface area contributed by atoms with E-state index in [4.69, 9.17) is 5.11 Å². The molecule has 1 aliphatic heterocycles. The molecule has 4 nitrogen and oxygen atoms in total. The standard InChI is InChI=1S/C13H19NO3S/c15-8-7-14(10-12-4-2-1-3-5-12)13-6-9-18(16,17)11-13/h1-5,13,15H,6-11H2/t13-/m0/s1. The van der Waals surface area contributed by atoms with Gasteiger partial charge >= 0.3 is 0 Å². The molecule has 0 aromatic heterocycles. The number of hydrogen-bond acceptors (Lipinski definition) is 4. The van der Waals surface area contributed by atoms with Gasteiger partial charge in [0.25, 0.3) is 0 Å². The Morgan fingerprint density at radius 2 is 2.00 bits per heavy atom. The Morgan fingerprint density at radius 3 is 2.56 bits per heavy atom. The molecule has 100 valence electrons. The second-order valence-corrected chi connectivity index (χ2v) is 6.97. The van der Waals surface area contributed by atoms with E-state index < -0.39 is 9.84 Å². The molecule has 0 bridgehead atoms. The quantitative estimate of drug-likeness (QED) is 0.853. The maximum Gasteiger partial charge on any atom is 0.151 e. The summed E-state index contributed by atoms with van der Waals surface area (Å²) in [6, 6.07) is 9.99. The normalized spacial score (nSPS) is 22.4. The van der Waals surface area contributed by atoms with E-state index in [-0.39, 0.29) is 24.2 Å². The molecule has 2 rings (SSSR count). The molecule has 18 heavy (non-hydrogen) atoms. The highest BCUT2D eigenvalue weighted by Crippen LogP contribution is 2.19. The van der Waals surface area contributed by atoms with Crippen LogP contribution >= 0.6 is 0 Å². The molecule has 1 N–H and O–H groups in total. The summed E-state index contributed by atoms with van der Waals surface area (Å²) in [7, 11) is -2.87. The highest BCUT2D eigenvalue weighted by Gasteiger charge is 2.31. The molecule has 1 heterocycles. The first-order chi connectivity index (χ1) is 8.61. The lowest BCUT2D eigenvalue weighted by molar-refractivity contribution is 0.153. The summed E-state index contributed by atoms with van der Waals surface area (Å²) in [5.41, 5.74) is 1.15. The van der Waals surface area contributed by atoms with Gasteiger partial charge in [0, 0.05) is 19.1 Å². The number of benzene rings is 1. The van der Waals surface area contributed by atoms with Crippen molar-refractivity contribution in [2.45, 2.75) is 19.0 Å². The molecule has 1 aromatic carbocycles. The van der Waals surface area contributed by atoms with Crippen LogP contribution in [-0.4, -0.2) is 49.1 Å². The molecule has 0 radical (unpaired) electrons. The number of aliphatic hydroxyl groups is 1. The smallest absolute Gasteiger partial charge is 0.151 e. The maximum atomic E-state index is 11.5. The zero-order valence-electron chi connectivity index (χ0n) is 10.3. The number of sulfone groups is 1. The molecule has 1 aliphatic rings. The Kier molecular flexibility index (Phi) is 4.37. The van der Waals surface area contributed by atoms with Crippen LogP contribution in [0.1, 0.15) is 12.0 Å². The van der Waals surface area contributed by atoms with Crippen LogP contribution in [0.5, 0.6) is 0 Å². The molecule has 0 amide bonds. The van der Waals surface area contributed by atoms with E-state index in [1.807, 2.05) is 30.3 Å². The molecule has 5 heteroatoms. The van der Waals surface area contributed by atoms with E-state index in [1.165, 1.54) is 0 Å². The van der Waals surface area contributed by atoms with Crippen molar-refractivity contribution in [3.8, 4) is 0 Å². The summed E-state index contributed by atoms with van der Waals surface area (Å²) >= 11 is 0. The number of rotatable bonds is 5. The van der Waals surface area contributed by atoms with Crippen molar-refractivity contribution in [2.24, 2.45) is 0 Å². The fraction of sp³-hybridized carbons (Fsp3) is 0.538. The lowest BCUT2D eigenvalue weighted by atomic mass is 10.1. The third-order valence-corrected chi connectivity index (χ3v) is 5.09. The summed E-state index contributed by atoms with van der Waals surface area (Å²) in [6.45, 7) is 1.28. The predicted octanol–water partition coefficient (Wildman–Crippen LogP) is 0.668. The van der Waals surface area contributed by atoms with Crippen LogP contribution < -0.4 is 0 Å². The number of aliphatic hydroxyl groups excluding tert-OH is 1. The molecule has 0 spiro atoms. The monoisotopic (exact) mass is 269 g/mol. The van der Waals surface area contributed by atoms with E-state index in [9.17, 15) is 8.42 Å². The van der Waals surface area contributed by atoms with Gasteiger partial charge in [-0.15, -0.1) is 0 Å². The molecule has 0 saturated carbocycles. The molecular weight excluding hydrogens is 250 g/mol. The van der Waals surface area contributed by atoms with Gasteiger partial charge in [0.15, 0.2) is 9.84 Å². The minimum absolute atomic E-state index is 0.0438. The molecule has 0 aliphatic carbocycles. The van der Waals surface area contributed by atoms with Crippen molar-refractivity contribution in [2.75, 3.05) is 24.7 Å². The molecule has 1 saturated heterocycles. The van der Waals surface area contributed by atoms with Crippen LogP contribution in [-0.2, 0) is 16.4 Å². The average molecular weight is 269 g/mol. The van der Waals surface area contributed by atoms with Gasteiger partial charge in [-0.3, -0.25) is 4.90 Å². The van der Waals surface area contributed by atoms with Crippen LogP contribution in [0.15, 0.2) is 30.3 Å². The minimum atomic E-state index is -2.87. The second-order valence-electron chi connectivity index (χ2n) is 4.74. The summed E-state index contributed by atoms with van der Waals surface area (Å²) in [5.74, 6) is 0.494. The second kappa shape index (κ2) is 5.82. The van der Waals surface area contributed by atoms with Crippen molar-refractivity contribution in [1.29, 1.82) is 0 Å². The van der Waals surface area contributed by atoms with Gasteiger partial charge in [0.1, 0.15) is 0 Å². The number of nitrogens with zero attached hydrogens (tertiary/aromatic N) is 1. The average Bonchev–Trinajstić information content (AvgIpc) is 2.70. The highest BCUT2D eigenvalue weighted by molar-refractivity contribution is 7.91. The van der Waals surface area contributed by atoms with Gasteiger partial charge in [-0.2, -0.15) is 0 Å². The Balaban J connectivity index is 2.05. The van der Waals surface area contributed by atoms with Crippen LogP contribution in [0.4, 0.5) is 0 Å².